The molecule has 0 atom stereocenters. The zero-order valence-electron chi connectivity index (χ0n) is 11.3. The van der Waals surface area contributed by atoms with E-state index in [0.29, 0.717) is 22.9 Å². The van der Waals surface area contributed by atoms with Gasteiger partial charge in [0.2, 0.25) is 0 Å². The van der Waals surface area contributed by atoms with Gasteiger partial charge in [-0.1, -0.05) is 42.1 Å². The van der Waals surface area contributed by atoms with Gasteiger partial charge in [-0.05, 0) is 11.8 Å². The zero-order valence-corrected chi connectivity index (χ0v) is 12.1. The van der Waals surface area contributed by atoms with Crippen LogP contribution in [0.1, 0.15) is 5.56 Å². The van der Waals surface area contributed by atoms with Gasteiger partial charge in [-0.3, -0.25) is 9.36 Å². The van der Waals surface area contributed by atoms with Crippen molar-refractivity contribution in [2.24, 2.45) is 7.05 Å². The summed E-state index contributed by atoms with van der Waals surface area (Å²) in [6, 6.07) is 10.1. The molecule has 5 nitrogen and oxygen atoms in total. The summed E-state index contributed by atoms with van der Waals surface area (Å²) < 4.78 is 3.70. The molecule has 0 spiro atoms. The van der Waals surface area contributed by atoms with E-state index in [1.165, 1.54) is 11.8 Å². The molecule has 0 aliphatic carbocycles. The number of hydrogen-bond donors (Lipinski definition) is 0. The van der Waals surface area contributed by atoms with Crippen LogP contribution in [0.25, 0.3) is 11.2 Å². The molecule has 2 heterocycles. The minimum absolute atomic E-state index is 0.228. The average Bonchev–Trinajstić information content (AvgIpc) is 2.85. The van der Waals surface area contributed by atoms with Gasteiger partial charge < -0.3 is 4.57 Å². The Balaban J connectivity index is 2.23. The number of benzene rings is 1. The van der Waals surface area contributed by atoms with Crippen molar-refractivity contribution < 1.29 is 0 Å². The molecule has 2 aromatic heterocycles. The molecule has 3 aromatic rings. The van der Waals surface area contributed by atoms with E-state index in [0.717, 1.165) is 5.56 Å². The van der Waals surface area contributed by atoms with Crippen molar-refractivity contribution >= 4 is 22.9 Å². The van der Waals surface area contributed by atoms with Gasteiger partial charge in [0, 0.05) is 7.05 Å². The fraction of sp³-hybridized carbons (Fsp3) is 0.214. The standard InChI is InChI=1S/C14H14N4OS/c1-17-9-15-12-11(17)13(19)16-14(20-2)18(12)8-10-6-4-3-5-7-10/h3-7,9H,8H2,1-2H3. The second-order valence-electron chi connectivity index (χ2n) is 4.50. The van der Waals surface area contributed by atoms with Gasteiger partial charge in [0.15, 0.2) is 16.3 Å². The maximum atomic E-state index is 12.0. The molecular formula is C14H14N4OS. The van der Waals surface area contributed by atoms with Crippen LogP contribution >= 0.6 is 11.8 Å². The molecule has 0 radical (unpaired) electrons. The monoisotopic (exact) mass is 286 g/mol. The van der Waals surface area contributed by atoms with Gasteiger partial charge in [0.25, 0.3) is 5.56 Å². The molecule has 0 aliphatic heterocycles. The second-order valence-corrected chi connectivity index (χ2v) is 5.28. The summed E-state index contributed by atoms with van der Waals surface area (Å²) in [4.78, 5) is 20.6. The number of aryl methyl sites for hydroxylation is 1. The lowest BCUT2D eigenvalue weighted by Crippen LogP contribution is -2.18. The van der Waals surface area contributed by atoms with Crippen LogP contribution in [0.4, 0.5) is 0 Å². The summed E-state index contributed by atoms with van der Waals surface area (Å²) in [5.41, 5.74) is 2.15. The highest BCUT2D eigenvalue weighted by molar-refractivity contribution is 7.98. The second kappa shape index (κ2) is 5.13. The molecule has 1 aromatic carbocycles. The normalized spacial score (nSPS) is 11.1. The smallest absolute Gasteiger partial charge is 0.299 e. The predicted molar refractivity (Wildman–Crippen MR) is 80.1 cm³/mol. The Kier molecular flexibility index (Phi) is 3.31. The summed E-state index contributed by atoms with van der Waals surface area (Å²) in [5, 5.41) is 0.685. The molecule has 0 aliphatic rings. The number of thioether (sulfide) groups is 1. The third kappa shape index (κ3) is 2.12. The highest BCUT2D eigenvalue weighted by atomic mass is 32.2. The Morgan fingerprint density at radius 2 is 2.00 bits per heavy atom. The van der Waals surface area contributed by atoms with Gasteiger partial charge >= 0.3 is 0 Å². The van der Waals surface area contributed by atoms with E-state index in [1.54, 1.807) is 10.9 Å². The van der Waals surface area contributed by atoms with Crippen LogP contribution in [-0.2, 0) is 13.6 Å². The highest BCUT2D eigenvalue weighted by Crippen LogP contribution is 2.18. The van der Waals surface area contributed by atoms with E-state index < -0.39 is 0 Å². The molecular weight excluding hydrogens is 272 g/mol. The Labute approximate surface area is 120 Å². The summed E-state index contributed by atoms with van der Waals surface area (Å²) in [6.45, 7) is 0.651. The maximum Gasteiger partial charge on any atom is 0.299 e. The number of hydrogen-bond acceptors (Lipinski definition) is 4. The van der Waals surface area contributed by atoms with Crippen LogP contribution in [-0.4, -0.2) is 25.4 Å². The fourth-order valence-electron chi connectivity index (χ4n) is 2.22. The topological polar surface area (TPSA) is 52.7 Å². The summed E-state index contributed by atoms with van der Waals surface area (Å²) >= 11 is 1.46. The molecule has 0 fully saturated rings. The van der Waals surface area contributed by atoms with Crippen molar-refractivity contribution in [3.63, 3.8) is 0 Å². The molecule has 0 saturated heterocycles. The first kappa shape index (κ1) is 12.9. The largest absolute Gasteiger partial charge is 0.328 e. The van der Waals surface area contributed by atoms with Crippen LogP contribution in [0.15, 0.2) is 46.6 Å². The third-order valence-electron chi connectivity index (χ3n) is 3.17. The Morgan fingerprint density at radius 1 is 1.25 bits per heavy atom. The van der Waals surface area contributed by atoms with Gasteiger partial charge in [-0.25, -0.2) is 4.98 Å². The van der Waals surface area contributed by atoms with Crippen LogP contribution in [0.2, 0.25) is 0 Å². The SMILES string of the molecule is CSc1nc(=O)c2c(ncn2C)n1Cc1ccccc1. The Hall–Kier alpha value is -2.08. The number of imidazole rings is 1. The minimum Gasteiger partial charge on any atom is -0.328 e. The average molecular weight is 286 g/mol. The van der Waals surface area contributed by atoms with Gasteiger partial charge in [0.05, 0.1) is 12.9 Å². The lowest BCUT2D eigenvalue weighted by atomic mass is 10.2. The van der Waals surface area contributed by atoms with Crippen molar-refractivity contribution in [3.8, 4) is 0 Å². The van der Waals surface area contributed by atoms with Gasteiger partial charge in [-0.15, -0.1) is 0 Å². The van der Waals surface area contributed by atoms with Gasteiger partial charge in [0.1, 0.15) is 0 Å². The molecule has 102 valence electrons. The Morgan fingerprint density at radius 3 is 2.70 bits per heavy atom. The molecule has 20 heavy (non-hydrogen) atoms. The number of nitrogens with zero attached hydrogens (tertiary/aromatic N) is 4. The summed E-state index contributed by atoms with van der Waals surface area (Å²) in [6.07, 6.45) is 3.57. The van der Waals surface area contributed by atoms with Crippen LogP contribution < -0.4 is 5.56 Å². The van der Waals surface area contributed by atoms with Crippen molar-refractivity contribution in [2.45, 2.75) is 11.7 Å². The first-order valence-corrected chi connectivity index (χ1v) is 7.43. The first-order valence-electron chi connectivity index (χ1n) is 6.20. The van der Waals surface area contributed by atoms with Crippen LogP contribution in [0.5, 0.6) is 0 Å². The third-order valence-corrected chi connectivity index (χ3v) is 3.85. The fourth-order valence-corrected chi connectivity index (χ4v) is 2.76. The molecule has 0 amide bonds. The van der Waals surface area contributed by atoms with E-state index in [4.69, 9.17) is 0 Å². The highest BCUT2D eigenvalue weighted by Gasteiger charge is 2.14. The molecule has 0 saturated carbocycles. The Bertz CT molecular complexity index is 807. The molecule has 0 bridgehead atoms. The van der Waals surface area contributed by atoms with E-state index in [9.17, 15) is 4.79 Å². The predicted octanol–water partition coefficient (Wildman–Crippen LogP) is 1.90. The number of rotatable bonds is 3. The van der Waals surface area contributed by atoms with E-state index in [-0.39, 0.29) is 5.56 Å². The molecule has 6 heteroatoms. The maximum absolute atomic E-state index is 12.0. The summed E-state index contributed by atoms with van der Waals surface area (Å²) in [7, 11) is 1.81. The minimum atomic E-state index is -0.228. The number of aromatic nitrogens is 4. The van der Waals surface area contributed by atoms with Crippen molar-refractivity contribution in [3.05, 3.63) is 52.6 Å². The van der Waals surface area contributed by atoms with Crippen molar-refractivity contribution in [1.82, 2.24) is 19.1 Å². The van der Waals surface area contributed by atoms with Crippen molar-refractivity contribution in [2.75, 3.05) is 6.26 Å². The molecule has 0 unspecified atom stereocenters. The molecule has 3 rings (SSSR count). The van der Waals surface area contributed by atoms with E-state index >= 15 is 0 Å². The van der Waals surface area contributed by atoms with E-state index in [1.807, 2.05) is 36.1 Å². The van der Waals surface area contributed by atoms with Crippen LogP contribution in [0.3, 0.4) is 0 Å². The number of fused-ring (bicyclic) bond motifs is 1. The van der Waals surface area contributed by atoms with E-state index in [2.05, 4.69) is 22.1 Å². The lowest BCUT2D eigenvalue weighted by Gasteiger charge is -2.11. The lowest BCUT2D eigenvalue weighted by molar-refractivity contribution is 0.689. The summed E-state index contributed by atoms with van der Waals surface area (Å²) in [5.74, 6) is 0. The molecule has 0 N–H and O–H groups in total. The van der Waals surface area contributed by atoms with Gasteiger partial charge in [-0.2, -0.15) is 4.98 Å². The van der Waals surface area contributed by atoms with Crippen molar-refractivity contribution in [1.29, 1.82) is 0 Å². The first-order chi connectivity index (χ1) is 9.70. The quantitative estimate of drug-likeness (QED) is 0.545. The zero-order chi connectivity index (χ0) is 14.1. The van der Waals surface area contributed by atoms with Crippen LogP contribution in [0, 0.1) is 0 Å².